The summed E-state index contributed by atoms with van der Waals surface area (Å²) < 4.78 is 10.8. The molecule has 1 atom stereocenters. The second kappa shape index (κ2) is 7.52. The maximum atomic E-state index is 11.8. The van der Waals surface area contributed by atoms with Gasteiger partial charge in [-0.25, -0.2) is 4.79 Å². The van der Waals surface area contributed by atoms with E-state index in [4.69, 9.17) is 14.7 Å². The summed E-state index contributed by atoms with van der Waals surface area (Å²) in [7, 11) is -0.661. The lowest BCUT2D eigenvalue weighted by atomic mass is 10.2. The SMILES string of the molecule is COC(=O)[C@H](CCCN=[N+]=[N-])O[Si](C)(C)C(C)(C)C. The zero-order chi connectivity index (χ0) is 15.1. The number of ether oxygens (including phenoxy) is 1. The van der Waals surface area contributed by atoms with E-state index >= 15 is 0 Å². The van der Waals surface area contributed by atoms with Gasteiger partial charge in [0.15, 0.2) is 8.32 Å². The Hall–Kier alpha value is -1.04. The Morgan fingerprint density at radius 1 is 1.42 bits per heavy atom. The number of hydrogen-bond acceptors (Lipinski definition) is 4. The Morgan fingerprint density at radius 2 is 2.00 bits per heavy atom. The fraction of sp³-hybridized carbons (Fsp3) is 0.917. The topological polar surface area (TPSA) is 84.3 Å². The first-order chi connectivity index (χ1) is 8.65. The molecule has 0 unspecified atom stereocenters. The standard InChI is InChI=1S/C12H25N3O3Si/c1-12(2,3)19(5,6)18-10(11(16)17-4)8-7-9-14-15-13/h10H,7-9H2,1-6H3/t10-/m0/s1. The summed E-state index contributed by atoms with van der Waals surface area (Å²) in [4.78, 5) is 14.4. The molecule has 6 nitrogen and oxygen atoms in total. The summed E-state index contributed by atoms with van der Waals surface area (Å²) in [6, 6.07) is 0. The Morgan fingerprint density at radius 3 is 2.42 bits per heavy atom. The molecule has 0 aromatic carbocycles. The lowest BCUT2D eigenvalue weighted by Gasteiger charge is -2.38. The van der Waals surface area contributed by atoms with E-state index in [2.05, 4.69) is 43.9 Å². The first kappa shape index (κ1) is 18.0. The number of azide groups is 1. The van der Waals surface area contributed by atoms with E-state index in [-0.39, 0.29) is 11.0 Å². The van der Waals surface area contributed by atoms with Crippen molar-refractivity contribution in [3.8, 4) is 0 Å². The van der Waals surface area contributed by atoms with E-state index in [1.165, 1.54) is 7.11 Å². The van der Waals surface area contributed by atoms with Gasteiger partial charge in [0.25, 0.3) is 0 Å². The van der Waals surface area contributed by atoms with Crippen molar-refractivity contribution in [1.82, 2.24) is 0 Å². The molecule has 0 amide bonds. The van der Waals surface area contributed by atoms with Crippen LogP contribution in [0.25, 0.3) is 10.4 Å². The van der Waals surface area contributed by atoms with Crippen LogP contribution in [0.5, 0.6) is 0 Å². The number of esters is 1. The van der Waals surface area contributed by atoms with Gasteiger partial charge in [0.1, 0.15) is 6.10 Å². The highest BCUT2D eigenvalue weighted by atomic mass is 28.4. The van der Waals surface area contributed by atoms with Crippen molar-refractivity contribution in [2.24, 2.45) is 5.11 Å². The molecule has 0 rings (SSSR count). The highest BCUT2D eigenvalue weighted by molar-refractivity contribution is 6.74. The van der Waals surface area contributed by atoms with Gasteiger partial charge in [0, 0.05) is 11.5 Å². The highest BCUT2D eigenvalue weighted by Crippen LogP contribution is 2.37. The predicted molar refractivity (Wildman–Crippen MR) is 77.3 cm³/mol. The first-order valence-corrected chi connectivity index (χ1v) is 9.33. The second-order valence-corrected chi connectivity index (χ2v) is 10.7. The normalized spacial score (nSPS) is 13.6. The molecule has 0 aliphatic heterocycles. The Labute approximate surface area is 116 Å². The third-order valence-electron chi connectivity index (χ3n) is 3.49. The third kappa shape index (κ3) is 6.09. The zero-order valence-corrected chi connectivity index (χ0v) is 13.8. The maximum absolute atomic E-state index is 11.8. The lowest BCUT2D eigenvalue weighted by molar-refractivity contribution is -0.149. The number of nitrogens with zero attached hydrogens (tertiary/aromatic N) is 3. The van der Waals surface area contributed by atoms with Crippen LogP contribution in [-0.4, -0.2) is 34.0 Å². The smallest absolute Gasteiger partial charge is 0.333 e. The number of carbonyl (C=O) groups is 1. The van der Waals surface area contributed by atoms with E-state index < -0.39 is 14.4 Å². The van der Waals surface area contributed by atoms with Crippen LogP contribution in [0.3, 0.4) is 0 Å². The van der Waals surface area contributed by atoms with Crippen molar-refractivity contribution in [1.29, 1.82) is 0 Å². The van der Waals surface area contributed by atoms with Crippen molar-refractivity contribution in [3.05, 3.63) is 10.4 Å². The van der Waals surface area contributed by atoms with Gasteiger partial charge in [-0.1, -0.05) is 25.9 Å². The van der Waals surface area contributed by atoms with Gasteiger partial charge >= 0.3 is 5.97 Å². The van der Waals surface area contributed by atoms with Crippen LogP contribution >= 0.6 is 0 Å². The Bertz CT molecular complexity index is 347. The van der Waals surface area contributed by atoms with E-state index in [1.807, 2.05) is 0 Å². The van der Waals surface area contributed by atoms with Crippen molar-refractivity contribution >= 4 is 14.3 Å². The summed E-state index contributed by atoms with van der Waals surface area (Å²) in [5, 5.41) is 3.49. The molecule has 0 radical (unpaired) electrons. The zero-order valence-electron chi connectivity index (χ0n) is 12.8. The molecule has 110 valence electrons. The molecule has 19 heavy (non-hydrogen) atoms. The number of methoxy groups -OCH3 is 1. The minimum absolute atomic E-state index is 0.0318. The lowest BCUT2D eigenvalue weighted by Crippen LogP contribution is -2.46. The molecule has 0 bridgehead atoms. The van der Waals surface area contributed by atoms with Crippen molar-refractivity contribution in [3.63, 3.8) is 0 Å². The Kier molecular flexibility index (Phi) is 7.11. The monoisotopic (exact) mass is 287 g/mol. The van der Waals surface area contributed by atoms with Gasteiger partial charge in [0.2, 0.25) is 0 Å². The molecule has 0 fully saturated rings. The van der Waals surface area contributed by atoms with Gasteiger partial charge in [-0.15, -0.1) is 0 Å². The molecule has 0 aromatic rings. The maximum Gasteiger partial charge on any atom is 0.333 e. The summed E-state index contributed by atoms with van der Waals surface area (Å²) in [5.74, 6) is -0.356. The van der Waals surface area contributed by atoms with Crippen molar-refractivity contribution in [2.45, 2.75) is 57.8 Å². The molecule has 0 N–H and O–H groups in total. The van der Waals surface area contributed by atoms with Gasteiger partial charge < -0.3 is 9.16 Å². The quantitative estimate of drug-likeness (QED) is 0.179. The molecular formula is C12H25N3O3Si. The van der Waals surface area contributed by atoms with Gasteiger partial charge in [-0.05, 0) is 36.5 Å². The van der Waals surface area contributed by atoms with Crippen molar-refractivity contribution in [2.75, 3.05) is 13.7 Å². The summed E-state index contributed by atoms with van der Waals surface area (Å²) in [6.45, 7) is 10.9. The average Bonchev–Trinajstić information content (AvgIpc) is 2.30. The summed E-state index contributed by atoms with van der Waals surface area (Å²) in [6.07, 6.45) is 0.552. The van der Waals surface area contributed by atoms with Crippen LogP contribution in [0, 0.1) is 0 Å². The number of carbonyl (C=O) groups excluding carboxylic acids is 1. The molecule has 0 heterocycles. The van der Waals surface area contributed by atoms with Crippen molar-refractivity contribution < 1.29 is 14.0 Å². The molecule has 0 aliphatic rings. The fourth-order valence-corrected chi connectivity index (χ4v) is 2.56. The van der Waals surface area contributed by atoms with Gasteiger partial charge in [0.05, 0.1) is 7.11 Å². The summed E-state index contributed by atoms with van der Waals surface area (Å²) >= 11 is 0. The van der Waals surface area contributed by atoms with Gasteiger partial charge in [-0.3, -0.25) is 0 Å². The minimum Gasteiger partial charge on any atom is -0.467 e. The molecule has 0 aliphatic carbocycles. The number of rotatable bonds is 7. The second-order valence-electron chi connectivity index (χ2n) is 5.99. The molecule has 0 spiro atoms. The molecular weight excluding hydrogens is 262 g/mol. The highest BCUT2D eigenvalue weighted by Gasteiger charge is 2.40. The summed E-state index contributed by atoms with van der Waals surface area (Å²) in [5.41, 5.74) is 8.22. The van der Waals surface area contributed by atoms with Crippen LogP contribution in [0.1, 0.15) is 33.6 Å². The largest absolute Gasteiger partial charge is 0.467 e. The van der Waals surface area contributed by atoms with Crippen LogP contribution < -0.4 is 0 Å². The minimum atomic E-state index is -2.02. The first-order valence-electron chi connectivity index (χ1n) is 6.42. The molecule has 0 saturated heterocycles. The van der Waals surface area contributed by atoms with Crippen LogP contribution in [0.15, 0.2) is 5.11 Å². The molecule has 0 saturated carbocycles. The third-order valence-corrected chi connectivity index (χ3v) is 7.98. The van der Waals surface area contributed by atoms with Crippen LogP contribution in [0.2, 0.25) is 18.1 Å². The van der Waals surface area contributed by atoms with E-state index in [9.17, 15) is 4.79 Å². The fourth-order valence-electron chi connectivity index (χ4n) is 1.28. The van der Waals surface area contributed by atoms with E-state index in [0.29, 0.717) is 19.4 Å². The Balaban J connectivity index is 4.68. The van der Waals surface area contributed by atoms with Crippen LogP contribution in [-0.2, 0) is 14.0 Å². The van der Waals surface area contributed by atoms with E-state index in [1.54, 1.807) is 0 Å². The average molecular weight is 287 g/mol. The van der Waals surface area contributed by atoms with E-state index in [0.717, 1.165) is 0 Å². The van der Waals surface area contributed by atoms with Gasteiger partial charge in [-0.2, -0.15) is 0 Å². The molecule has 7 heteroatoms. The van der Waals surface area contributed by atoms with Crippen LogP contribution in [0.4, 0.5) is 0 Å². The number of hydrogen-bond donors (Lipinski definition) is 0. The molecule has 0 aromatic heterocycles. The predicted octanol–water partition coefficient (Wildman–Crippen LogP) is 3.64.